The highest BCUT2D eigenvalue weighted by molar-refractivity contribution is 7.92. The van der Waals surface area contributed by atoms with Crippen LogP contribution in [0, 0.1) is 10.1 Å². The molecule has 28 heavy (non-hydrogen) atoms. The zero-order valence-electron chi connectivity index (χ0n) is 15.2. The van der Waals surface area contributed by atoms with Gasteiger partial charge in [0.15, 0.2) is 0 Å². The lowest BCUT2D eigenvalue weighted by Gasteiger charge is -2.26. The molecule has 0 radical (unpaired) electrons. The van der Waals surface area contributed by atoms with Crippen LogP contribution in [0.3, 0.4) is 0 Å². The first kappa shape index (κ1) is 18.9. The number of nitro groups is 1. The SMILES string of the molecule is O=[N+]([O-])c1ccc(S(=O)(=O)N2CC(CC3COCCN3)c3ccccc32)cc1. The number of hydrogen-bond donors (Lipinski definition) is 1. The van der Waals surface area contributed by atoms with E-state index in [0.29, 0.717) is 25.4 Å². The highest BCUT2D eigenvalue weighted by atomic mass is 32.2. The van der Waals surface area contributed by atoms with Crippen LogP contribution in [-0.2, 0) is 14.8 Å². The summed E-state index contributed by atoms with van der Waals surface area (Å²) in [6.45, 7) is 2.45. The smallest absolute Gasteiger partial charge is 0.269 e. The summed E-state index contributed by atoms with van der Waals surface area (Å²) in [4.78, 5) is 10.3. The first-order valence-electron chi connectivity index (χ1n) is 9.14. The summed E-state index contributed by atoms with van der Waals surface area (Å²) in [5, 5.41) is 14.3. The van der Waals surface area contributed by atoms with Crippen molar-refractivity contribution >= 4 is 21.4 Å². The Morgan fingerprint density at radius 3 is 2.61 bits per heavy atom. The Morgan fingerprint density at radius 2 is 1.93 bits per heavy atom. The molecule has 0 spiro atoms. The van der Waals surface area contributed by atoms with E-state index in [2.05, 4.69) is 5.32 Å². The molecule has 1 fully saturated rings. The van der Waals surface area contributed by atoms with Crippen LogP contribution >= 0.6 is 0 Å². The fourth-order valence-corrected chi connectivity index (χ4v) is 5.40. The van der Waals surface area contributed by atoms with E-state index in [-0.39, 0.29) is 22.5 Å². The minimum absolute atomic E-state index is 0.0488. The Balaban J connectivity index is 1.62. The second kappa shape index (κ2) is 7.50. The maximum absolute atomic E-state index is 13.2. The number of nitrogens with zero attached hydrogens (tertiary/aromatic N) is 2. The van der Waals surface area contributed by atoms with Gasteiger partial charge in [-0.3, -0.25) is 14.4 Å². The molecule has 1 saturated heterocycles. The summed E-state index contributed by atoms with van der Waals surface area (Å²) in [7, 11) is -3.81. The number of nitro benzene ring substituents is 1. The largest absolute Gasteiger partial charge is 0.379 e. The summed E-state index contributed by atoms with van der Waals surface area (Å²) in [5.74, 6) is 0.0585. The topological polar surface area (TPSA) is 102 Å². The van der Waals surface area contributed by atoms with E-state index in [9.17, 15) is 18.5 Å². The van der Waals surface area contributed by atoms with Crippen molar-refractivity contribution in [1.29, 1.82) is 0 Å². The van der Waals surface area contributed by atoms with Crippen molar-refractivity contribution in [2.24, 2.45) is 0 Å². The van der Waals surface area contributed by atoms with Gasteiger partial charge in [0, 0.05) is 37.2 Å². The summed E-state index contributed by atoms with van der Waals surface area (Å²) >= 11 is 0. The minimum atomic E-state index is -3.81. The van der Waals surface area contributed by atoms with Gasteiger partial charge in [-0.25, -0.2) is 8.42 Å². The maximum atomic E-state index is 13.2. The van der Waals surface area contributed by atoms with Crippen molar-refractivity contribution in [3.63, 3.8) is 0 Å². The molecule has 0 aliphatic carbocycles. The highest BCUT2D eigenvalue weighted by Gasteiger charge is 2.37. The minimum Gasteiger partial charge on any atom is -0.379 e. The van der Waals surface area contributed by atoms with E-state index in [4.69, 9.17) is 4.74 Å². The van der Waals surface area contributed by atoms with Crippen molar-refractivity contribution in [1.82, 2.24) is 5.32 Å². The molecule has 2 aliphatic heterocycles. The van der Waals surface area contributed by atoms with Crippen LogP contribution in [0.4, 0.5) is 11.4 Å². The third-order valence-corrected chi connectivity index (χ3v) is 7.03. The van der Waals surface area contributed by atoms with E-state index in [0.717, 1.165) is 18.5 Å². The van der Waals surface area contributed by atoms with Crippen LogP contribution in [0.2, 0.25) is 0 Å². The molecule has 2 unspecified atom stereocenters. The van der Waals surface area contributed by atoms with Gasteiger partial charge in [0.25, 0.3) is 15.7 Å². The molecule has 4 rings (SSSR count). The van der Waals surface area contributed by atoms with Crippen LogP contribution in [0.15, 0.2) is 53.4 Å². The summed E-state index contributed by atoms with van der Waals surface area (Å²) in [5.41, 5.74) is 1.53. The second-order valence-electron chi connectivity index (χ2n) is 7.00. The van der Waals surface area contributed by atoms with Crippen LogP contribution in [0.1, 0.15) is 17.9 Å². The number of hydrogen-bond acceptors (Lipinski definition) is 6. The molecule has 2 atom stereocenters. The molecule has 0 aromatic heterocycles. The van der Waals surface area contributed by atoms with E-state index in [1.807, 2.05) is 24.3 Å². The number of para-hydroxylation sites is 1. The van der Waals surface area contributed by atoms with Crippen LogP contribution in [-0.4, -0.2) is 45.7 Å². The molecular weight excluding hydrogens is 382 g/mol. The van der Waals surface area contributed by atoms with Gasteiger partial charge in [0.1, 0.15) is 0 Å². The van der Waals surface area contributed by atoms with E-state index in [1.54, 1.807) is 0 Å². The van der Waals surface area contributed by atoms with Gasteiger partial charge < -0.3 is 10.1 Å². The Morgan fingerprint density at radius 1 is 1.18 bits per heavy atom. The lowest BCUT2D eigenvalue weighted by atomic mass is 9.94. The van der Waals surface area contributed by atoms with Gasteiger partial charge in [0.2, 0.25) is 0 Å². The normalized spacial score (nSPS) is 22.1. The van der Waals surface area contributed by atoms with Gasteiger partial charge in [-0.05, 0) is 30.2 Å². The molecule has 0 saturated carbocycles. The third kappa shape index (κ3) is 3.48. The number of sulfonamides is 1. The van der Waals surface area contributed by atoms with Gasteiger partial charge in [0.05, 0.1) is 28.7 Å². The Kier molecular flexibility index (Phi) is 5.05. The van der Waals surface area contributed by atoms with E-state index < -0.39 is 14.9 Å². The van der Waals surface area contributed by atoms with Gasteiger partial charge >= 0.3 is 0 Å². The lowest BCUT2D eigenvalue weighted by molar-refractivity contribution is -0.384. The fourth-order valence-electron chi connectivity index (χ4n) is 3.87. The molecule has 2 aromatic rings. The van der Waals surface area contributed by atoms with Crippen molar-refractivity contribution in [3.05, 3.63) is 64.2 Å². The van der Waals surface area contributed by atoms with Gasteiger partial charge in [-0.2, -0.15) is 0 Å². The summed E-state index contributed by atoms with van der Waals surface area (Å²) in [6, 6.07) is 12.7. The van der Waals surface area contributed by atoms with Gasteiger partial charge in [-0.15, -0.1) is 0 Å². The van der Waals surface area contributed by atoms with Crippen molar-refractivity contribution in [2.45, 2.75) is 23.3 Å². The standard InChI is InChI=1S/C19H21N3O5S/c23-22(24)16-5-7-17(8-6-16)28(25,26)21-12-14(11-15-13-27-10-9-20-15)18-3-1-2-4-19(18)21/h1-8,14-15,20H,9-13H2. The molecule has 0 amide bonds. The molecule has 9 heteroatoms. The van der Waals surface area contributed by atoms with Gasteiger partial charge in [-0.1, -0.05) is 18.2 Å². The molecule has 0 bridgehead atoms. The molecule has 1 N–H and O–H groups in total. The monoisotopic (exact) mass is 403 g/mol. The molecule has 148 valence electrons. The number of fused-ring (bicyclic) bond motifs is 1. The second-order valence-corrected chi connectivity index (χ2v) is 8.87. The van der Waals surface area contributed by atoms with Crippen LogP contribution < -0.4 is 9.62 Å². The average molecular weight is 403 g/mol. The predicted molar refractivity (Wildman–Crippen MR) is 104 cm³/mol. The zero-order valence-corrected chi connectivity index (χ0v) is 16.0. The molecule has 2 heterocycles. The number of nitrogens with one attached hydrogen (secondary N) is 1. The number of ether oxygens (including phenoxy) is 1. The lowest BCUT2D eigenvalue weighted by Crippen LogP contribution is -2.42. The first-order chi connectivity index (χ1) is 13.5. The summed E-state index contributed by atoms with van der Waals surface area (Å²) < 4.78 is 33.4. The number of anilines is 1. The quantitative estimate of drug-likeness (QED) is 0.607. The number of morpholine rings is 1. The number of benzene rings is 2. The predicted octanol–water partition coefficient (Wildman–Crippen LogP) is 2.27. The highest BCUT2D eigenvalue weighted by Crippen LogP contribution is 2.41. The number of non-ortho nitro benzene ring substituents is 1. The van der Waals surface area contributed by atoms with Crippen molar-refractivity contribution < 1.29 is 18.1 Å². The Hall–Kier alpha value is -2.49. The molecule has 2 aromatic carbocycles. The maximum Gasteiger partial charge on any atom is 0.269 e. The Bertz CT molecular complexity index is 971. The van der Waals surface area contributed by atoms with E-state index >= 15 is 0 Å². The Labute approximate surface area is 163 Å². The average Bonchev–Trinajstić information content (AvgIpc) is 3.08. The van der Waals surface area contributed by atoms with Crippen LogP contribution in [0.25, 0.3) is 0 Å². The molecular formula is C19H21N3O5S. The third-order valence-electron chi connectivity index (χ3n) is 5.23. The van der Waals surface area contributed by atoms with Crippen molar-refractivity contribution in [3.8, 4) is 0 Å². The zero-order chi connectivity index (χ0) is 19.7. The summed E-state index contributed by atoms with van der Waals surface area (Å²) in [6.07, 6.45) is 0.781. The van der Waals surface area contributed by atoms with Crippen molar-refractivity contribution in [2.75, 3.05) is 30.6 Å². The molecule has 8 nitrogen and oxygen atoms in total. The van der Waals surface area contributed by atoms with Crippen LogP contribution in [0.5, 0.6) is 0 Å². The fraction of sp³-hybridized carbons (Fsp3) is 0.368. The first-order valence-corrected chi connectivity index (χ1v) is 10.6. The van der Waals surface area contributed by atoms with E-state index in [1.165, 1.54) is 28.6 Å². The molecule has 2 aliphatic rings. The number of rotatable bonds is 5.